The molecule has 7 nitrogen and oxygen atoms in total. The minimum Gasteiger partial charge on any atom is -0.354 e. The van der Waals surface area contributed by atoms with Gasteiger partial charge in [-0.3, -0.25) is 13.9 Å². The Bertz CT molecular complexity index is 1710. The first-order valence-electron chi connectivity index (χ1n) is 14.5. The average molecular weight is 687 g/mol. The van der Waals surface area contributed by atoms with Crippen LogP contribution in [-0.4, -0.2) is 44.3 Å². The highest BCUT2D eigenvalue weighted by molar-refractivity contribution is 7.92. The summed E-state index contributed by atoms with van der Waals surface area (Å²) >= 11 is 19.1. The molecule has 1 atom stereocenters. The number of halogens is 3. The summed E-state index contributed by atoms with van der Waals surface area (Å²) in [6.07, 6.45) is 1.85. The minimum atomic E-state index is -4.30. The lowest BCUT2D eigenvalue weighted by Crippen LogP contribution is -2.53. The maximum atomic E-state index is 14.5. The standard InChI is InChI=1S/C34H34Cl3N3O4S/c1-2-3-19-38-34(42)32(21-25-11-6-4-7-12-25)39(23-26-13-10-14-27(35)20-26)33(41)24-40(31-22-28(36)17-18-30(31)37)45(43,44)29-15-8-5-9-16-29/h4-18,20,22,32H,2-3,19,21,23-24H2,1H3,(H,38,42)/t32-/m0/s1. The van der Waals surface area contributed by atoms with Crippen molar-refractivity contribution in [2.24, 2.45) is 0 Å². The zero-order chi connectivity index (χ0) is 32.4. The predicted molar refractivity (Wildman–Crippen MR) is 181 cm³/mol. The summed E-state index contributed by atoms with van der Waals surface area (Å²) in [5.41, 5.74) is 1.55. The Kier molecular flexibility index (Phi) is 12.3. The number of benzene rings is 4. The van der Waals surface area contributed by atoms with Gasteiger partial charge < -0.3 is 10.2 Å². The second-order valence-corrected chi connectivity index (χ2v) is 13.6. The molecule has 0 aliphatic carbocycles. The van der Waals surface area contributed by atoms with Crippen molar-refractivity contribution in [2.45, 2.75) is 43.7 Å². The molecule has 0 bridgehead atoms. The minimum absolute atomic E-state index is 0.000589. The lowest BCUT2D eigenvalue weighted by atomic mass is 10.0. The molecule has 11 heteroatoms. The second kappa shape index (κ2) is 16.1. The maximum absolute atomic E-state index is 14.5. The highest BCUT2D eigenvalue weighted by atomic mass is 35.5. The summed E-state index contributed by atoms with van der Waals surface area (Å²) < 4.78 is 29.1. The number of amides is 2. The summed E-state index contributed by atoms with van der Waals surface area (Å²) in [6.45, 7) is 1.81. The first-order valence-corrected chi connectivity index (χ1v) is 17.1. The molecule has 0 aliphatic heterocycles. The number of rotatable bonds is 14. The van der Waals surface area contributed by atoms with Crippen LogP contribution in [0.3, 0.4) is 0 Å². The van der Waals surface area contributed by atoms with E-state index in [2.05, 4.69) is 5.32 Å². The molecule has 4 aromatic rings. The van der Waals surface area contributed by atoms with Crippen LogP contribution in [0.4, 0.5) is 5.69 Å². The quantitative estimate of drug-likeness (QED) is 0.140. The molecule has 4 aromatic carbocycles. The fourth-order valence-electron chi connectivity index (χ4n) is 4.80. The number of hydrogen-bond acceptors (Lipinski definition) is 4. The van der Waals surface area contributed by atoms with E-state index < -0.39 is 28.5 Å². The number of sulfonamides is 1. The largest absolute Gasteiger partial charge is 0.354 e. The van der Waals surface area contributed by atoms with Crippen molar-refractivity contribution in [3.8, 4) is 0 Å². The van der Waals surface area contributed by atoms with E-state index in [9.17, 15) is 18.0 Å². The summed E-state index contributed by atoms with van der Waals surface area (Å²) in [7, 11) is -4.30. The molecule has 45 heavy (non-hydrogen) atoms. The molecule has 0 saturated carbocycles. The second-order valence-electron chi connectivity index (χ2n) is 10.4. The lowest BCUT2D eigenvalue weighted by molar-refractivity contribution is -0.140. The molecule has 2 amide bonds. The van der Waals surface area contributed by atoms with Crippen LogP contribution in [0.2, 0.25) is 15.1 Å². The van der Waals surface area contributed by atoms with Gasteiger partial charge in [-0.1, -0.05) is 109 Å². The van der Waals surface area contributed by atoms with E-state index in [1.54, 1.807) is 42.5 Å². The van der Waals surface area contributed by atoms with Crippen LogP contribution >= 0.6 is 34.8 Å². The van der Waals surface area contributed by atoms with Gasteiger partial charge in [0.2, 0.25) is 11.8 Å². The number of hydrogen-bond donors (Lipinski definition) is 1. The topological polar surface area (TPSA) is 86.8 Å². The zero-order valence-corrected chi connectivity index (χ0v) is 27.8. The first kappa shape index (κ1) is 34.3. The fourth-order valence-corrected chi connectivity index (χ4v) is 6.90. The van der Waals surface area contributed by atoms with E-state index in [4.69, 9.17) is 34.8 Å². The molecule has 4 rings (SSSR count). The van der Waals surface area contributed by atoms with Gasteiger partial charge in [0.15, 0.2) is 0 Å². The predicted octanol–water partition coefficient (Wildman–Crippen LogP) is 7.40. The summed E-state index contributed by atoms with van der Waals surface area (Å²) in [4.78, 5) is 29.7. The molecule has 0 fully saturated rings. The average Bonchev–Trinajstić information content (AvgIpc) is 3.03. The van der Waals surface area contributed by atoms with Crippen LogP contribution in [0.1, 0.15) is 30.9 Å². The van der Waals surface area contributed by atoms with E-state index in [0.29, 0.717) is 17.1 Å². The number of anilines is 1. The van der Waals surface area contributed by atoms with Crippen molar-refractivity contribution in [2.75, 3.05) is 17.4 Å². The Labute approximate surface area is 279 Å². The van der Waals surface area contributed by atoms with Gasteiger partial charge in [-0.2, -0.15) is 0 Å². The maximum Gasteiger partial charge on any atom is 0.264 e. The molecule has 236 valence electrons. The van der Waals surface area contributed by atoms with Crippen molar-refractivity contribution >= 4 is 62.3 Å². The van der Waals surface area contributed by atoms with Gasteiger partial charge in [-0.25, -0.2) is 8.42 Å². The van der Waals surface area contributed by atoms with Gasteiger partial charge in [-0.05, 0) is 60.0 Å². The van der Waals surface area contributed by atoms with Crippen LogP contribution in [0.5, 0.6) is 0 Å². The third-order valence-electron chi connectivity index (χ3n) is 7.13. The first-order chi connectivity index (χ1) is 21.6. The smallest absolute Gasteiger partial charge is 0.264 e. The summed E-state index contributed by atoms with van der Waals surface area (Å²) in [6, 6.07) is 27.5. The molecule has 0 saturated heterocycles. The molecule has 1 N–H and O–H groups in total. The van der Waals surface area contributed by atoms with Gasteiger partial charge in [0.25, 0.3) is 10.0 Å². The third kappa shape index (κ3) is 9.23. The molecular weight excluding hydrogens is 653 g/mol. The van der Waals surface area contributed by atoms with Crippen LogP contribution in [0.25, 0.3) is 0 Å². The Morgan fingerprint density at radius 2 is 1.44 bits per heavy atom. The Morgan fingerprint density at radius 3 is 2.11 bits per heavy atom. The number of nitrogens with one attached hydrogen (secondary N) is 1. The van der Waals surface area contributed by atoms with E-state index in [0.717, 1.165) is 22.7 Å². The highest BCUT2D eigenvalue weighted by Crippen LogP contribution is 2.33. The number of nitrogens with zero attached hydrogens (tertiary/aromatic N) is 2. The normalized spacial score (nSPS) is 11.9. The SMILES string of the molecule is CCCCNC(=O)[C@H](Cc1ccccc1)N(Cc1cccc(Cl)c1)C(=O)CN(c1cc(Cl)ccc1Cl)S(=O)(=O)c1ccccc1. The van der Waals surface area contributed by atoms with Gasteiger partial charge >= 0.3 is 0 Å². The van der Waals surface area contributed by atoms with Gasteiger partial charge in [0.1, 0.15) is 12.6 Å². The number of carbonyl (C=O) groups is 2. The Morgan fingerprint density at radius 1 is 0.800 bits per heavy atom. The Balaban J connectivity index is 1.81. The van der Waals surface area contributed by atoms with E-state index in [-0.39, 0.29) is 39.5 Å². The third-order valence-corrected chi connectivity index (χ3v) is 9.69. The lowest BCUT2D eigenvalue weighted by Gasteiger charge is -2.34. The van der Waals surface area contributed by atoms with Crippen LogP contribution in [0.15, 0.2) is 108 Å². The number of unbranched alkanes of at least 4 members (excludes halogenated alkanes) is 1. The monoisotopic (exact) mass is 685 g/mol. The summed E-state index contributed by atoms with van der Waals surface area (Å²) in [5, 5.41) is 3.76. The fraction of sp³-hybridized carbons (Fsp3) is 0.235. The van der Waals surface area contributed by atoms with Crippen molar-refractivity contribution in [1.29, 1.82) is 0 Å². The number of carbonyl (C=O) groups excluding carboxylic acids is 2. The Hall–Kier alpha value is -3.56. The van der Waals surface area contributed by atoms with Crippen LogP contribution < -0.4 is 9.62 Å². The molecule has 0 heterocycles. The molecule has 0 aromatic heterocycles. The van der Waals surface area contributed by atoms with Crippen molar-refractivity contribution in [3.05, 3.63) is 129 Å². The molecule has 0 radical (unpaired) electrons. The van der Waals surface area contributed by atoms with Crippen molar-refractivity contribution in [1.82, 2.24) is 10.2 Å². The van der Waals surface area contributed by atoms with E-state index in [1.807, 2.05) is 37.3 Å². The van der Waals surface area contributed by atoms with Crippen LogP contribution in [0, 0.1) is 0 Å². The molecule has 0 spiro atoms. The zero-order valence-electron chi connectivity index (χ0n) is 24.7. The molecule has 0 unspecified atom stereocenters. The molecule has 0 aliphatic rings. The van der Waals surface area contributed by atoms with Crippen molar-refractivity contribution < 1.29 is 18.0 Å². The molecular formula is C34H34Cl3N3O4S. The van der Waals surface area contributed by atoms with Crippen LogP contribution in [-0.2, 0) is 32.6 Å². The van der Waals surface area contributed by atoms with Crippen molar-refractivity contribution in [3.63, 3.8) is 0 Å². The van der Waals surface area contributed by atoms with Gasteiger partial charge in [0.05, 0.1) is 15.6 Å². The summed E-state index contributed by atoms with van der Waals surface area (Å²) in [5.74, 6) is -0.960. The van der Waals surface area contributed by atoms with E-state index >= 15 is 0 Å². The van der Waals surface area contributed by atoms with E-state index in [1.165, 1.54) is 35.2 Å². The van der Waals surface area contributed by atoms with Gasteiger partial charge in [0, 0.05) is 29.6 Å². The highest BCUT2D eigenvalue weighted by Gasteiger charge is 2.35. The van der Waals surface area contributed by atoms with Gasteiger partial charge in [-0.15, -0.1) is 0 Å².